The van der Waals surface area contributed by atoms with Crippen LogP contribution in [0.4, 0.5) is 0 Å². The summed E-state index contributed by atoms with van der Waals surface area (Å²) < 4.78 is 0. The monoisotopic (exact) mass is 239 g/mol. The van der Waals surface area contributed by atoms with Crippen molar-refractivity contribution in [2.45, 2.75) is 44.7 Å². The van der Waals surface area contributed by atoms with Gasteiger partial charge in [0.1, 0.15) is 0 Å². The molecule has 2 atom stereocenters. The van der Waals surface area contributed by atoms with Crippen molar-refractivity contribution < 1.29 is 4.79 Å². The second-order valence-corrected chi connectivity index (χ2v) is 5.76. The Morgan fingerprint density at radius 3 is 2.76 bits per heavy atom. The van der Waals surface area contributed by atoms with Crippen LogP contribution in [0.2, 0.25) is 0 Å². The molecule has 17 heavy (non-hydrogen) atoms. The Hall–Kier alpha value is -0.610. The SMILES string of the molecule is CC1CN(C)CCCN1C(=O)CC(N)C1CC1. The summed E-state index contributed by atoms with van der Waals surface area (Å²) in [6.45, 7) is 5.09. The summed E-state index contributed by atoms with van der Waals surface area (Å²) in [6, 6.07) is 0.414. The fourth-order valence-electron chi connectivity index (χ4n) is 2.75. The first kappa shape index (κ1) is 12.8. The van der Waals surface area contributed by atoms with Crippen molar-refractivity contribution in [3.05, 3.63) is 0 Å². The van der Waals surface area contributed by atoms with E-state index in [9.17, 15) is 4.79 Å². The molecule has 0 aromatic rings. The number of carbonyl (C=O) groups excluding carboxylic acids is 1. The van der Waals surface area contributed by atoms with Crippen molar-refractivity contribution in [1.29, 1.82) is 0 Å². The van der Waals surface area contributed by atoms with Gasteiger partial charge in [0, 0.05) is 31.6 Å². The van der Waals surface area contributed by atoms with Gasteiger partial charge in [-0.1, -0.05) is 0 Å². The van der Waals surface area contributed by atoms with E-state index in [0.717, 1.165) is 26.1 Å². The van der Waals surface area contributed by atoms with Crippen molar-refractivity contribution in [2.75, 3.05) is 26.7 Å². The number of nitrogens with two attached hydrogens (primary N) is 1. The summed E-state index contributed by atoms with van der Waals surface area (Å²) in [5, 5.41) is 0. The van der Waals surface area contributed by atoms with Gasteiger partial charge >= 0.3 is 0 Å². The van der Waals surface area contributed by atoms with Gasteiger partial charge in [0.25, 0.3) is 0 Å². The fourth-order valence-corrected chi connectivity index (χ4v) is 2.75. The second kappa shape index (κ2) is 5.36. The molecule has 2 rings (SSSR count). The molecule has 1 amide bonds. The Bertz CT molecular complexity index is 278. The van der Waals surface area contributed by atoms with Crippen molar-refractivity contribution >= 4 is 5.91 Å². The largest absolute Gasteiger partial charge is 0.339 e. The van der Waals surface area contributed by atoms with Crippen LogP contribution in [-0.2, 0) is 4.79 Å². The maximum atomic E-state index is 12.2. The van der Waals surface area contributed by atoms with Gasteiger partial charge in [0.2, 0.25) is 5.91 Å². The molecule has 0 bridgehead atoms. The Balaban J connectivity index is 1.87. The van der Waals surface area contributed by atoms with E-state index in [1.807, 2.05) is 4.90 Å². The zero-order valence-corrected chi connectivity index (χ0v) is 11.1. The summed E-state index contributed by atoms with van der Waals surface area (Å²) in [4.78, 5) is 16.6. The third-order valence-corrected chi connectivity index (χ3v) is 4.00. The topological polar surface area (TPSA) is 49.6 Å². The van der Waals surface area contributed by atoms with Gasteiger partial charge < -0.3 is 15.5 Å². The first-order valence-corrected chi connectivity index (χ1v) is 6.81. The molecular formula is C13H25N3O. The number of amides is 1. The lowest BCUT2D eigenvalue weighted by Gasteiger charge is -2.29. The molecule has 1 aliphatic heterocycles. The van der Waals surface area contributed by atoms with Crippen LogP contribution in [0, 0.1) is 5.92 Å². The van der Waals surface area contributed by atoms with Gasteiger partial charge in [-0.25, -0.2) is 0 Å². The Morgan fingerprint density at radius 2 is 2.12 bits per heavy atom. The molecule has 2 unspecified atom stereocenters. The lowest BCUT2D eigenvalue weighted by Crippen LogP contribution is -2.44. The maximum Gasteiger partial charge on any atom is 0.224 e. The highest BCUT2D eigenvalue weighted by atomic mass is 16.2. The number of nitrogens with zero attached hydrogens (tertiary/aromatic N) is 2. The van der Waals surface area contributed by atoms with Crippen molar-refractivity contribution in [3.8, 4) is 0 Å². The van der Waals surface area contributed by atoms with E-state index in [1.165, 1.54) is 12.8 Å². The fraction of sp³-hybridized carbons (Fsp3) is 0.923. The molecule has 2 N–H and O–H groups in total. The Labute approximate surface area is 104 Å². The van der Waals surface area contributed by atoms with E-state index < -0.39 is 0 Å². The molecule has 0 spiro atoms. The standard InChI is InChI=1S/C13H25N3O/c1-10-9-15(2)6-3-7-16(10)13(17)8-12(14)11-4-5-11/h10-12H,3-9,14H2,1-2H3. The van der Waals surface area contributed by atoms with Crippen LogP contribution in [0.25, 0.3) is 0 Å². The molecule has 4 heteroatoms. The molecule has 98 valence electrons. The molecule has 1 saturated carbocycles. The van der Waals surface area contributed by atoms with E-state index in [1.54, 1.807) is 0 Å². The van der Waals surface area contributed by atoms with Crippen LogP contribution in [-0.4, -0.2) is 54.5 Å². The molecule has 1 saturated heterocycles. The van der Waals surface area contributed by atoms with E-state index in [4.69, 9.17) is 5.73 Å². The molecule has 1 heterocycles. The highest BCUT2D eigenvalue weighted by molar-refractivity contribution is 5.77. The minimum absolute atomic E-state index is 0.0932. The van der Waals surface area contributed by atoms with E-state index in [2.05, 4.69) is 18.9 Å². The predicted molar refractivity (Wildman–Crippen MR) is 68.6 cm³/mol. The minimum atomic E-state index is 0.0932. The van der Waals surface area contributed by atoms with E-state index in [-0.39, 0.29) is 11.9 Å². The molecular weight excluding hydrogens is 214 g/mol. The smallest absolute Gasteiger partial charge is 0.224 e. The summed E-state index contributed by atoms with van der Waals surface area (Å²) in [5.74, 6) is 0.871. The van der Waals surface area contributed by atoms with Crippen LogP contribution < -0.4 is 5.73 Å². The normalized spacial score (nSPS) is 28.9. The Kier molecular flexibility index (Phi) is 4.05. The van der Waals surface area contributed by atoms with Crippen LogP contribution in [0.5, 0.6) is 0 Å². The zero-order chi connectivity index (χ0) is 12.4. The number of carbonyl (C=O) groups is 1. The van der Waals surface area contributed by atoms with Gasteiger partial charge in [-0.15, -0.1) is 0 Å². The summed E-state index contributed by atoms with van der Waals surface area (Å²) in [7, 11) is 2.13. The van der Waals surface area contributed by atoms with E-state index in [0.29, 0.717) is 18.4 Å². The van der Waals surface area contributed by atoms with Crippen LogP contribution in [0.15, 0.2) is 0 Å². The van der Waals surface area contributed by atoms with Gasteiger partial charge in [-0.2, -0.15) is 0 Å². The average Bonchev–Trinajstić information content (AvgIpc) is 3.05. The maximum absolute atomic E-state index is 12.2. The number of hydrogen-bond donors (Lipinski definition) is 1. The predicted octanol–water partition coefficient (Wildman–Crippen LogP) is 0.666. The first-order chi connectivity index (χ1) is 8.08. The second-order valence-electron chi connectivity index (χ2n) is 5.76. The molecule has 0 aromatic carbocycles. The Morgan fingerprint density at radius 1 is 1.41 bits per heavy atom. The van der Waals surface area contributed by atoms with Gasteiger partial charge in [0.05, 0.1) is 0 Å². The van der Waals surface area contributed by atoms with Gasteiger partial charge in [-0.3, -0.25) is 4.79 Å². The molecule has 1 aliphatic carbocycles. The third kappa shape index (κ3) is 3.42. The molecule has 0 aromatic heterocycles. The highest BCUT2D eigenvalue weighted by Crippen LogP contribution is 2.33. The van der Waals surface area contributed by atoms with Gasteiger partial charge in [0.15, 0.2) is 0 Å². The number of rotatable bonds is 3. The average molecular weight is 239 g/mol. The minimum Gasteiger partial charge on any atom is -0.339 e. The first-order valence-electron chi connectivity index (χ1n) is 6.81. The van der Waals surface area contributed by atoms with Crippen molar-refractivity contribution in [3.63, 3.8) is 0 Å². The van der Waals surface area contributed by atoms with Crippen LogP contribution >= 0.6 is 0 Å². The van der Waals surface area contributed by atoms with Crippen molar-refractivity contribution in [1.82, 2.24) is 9.80 Å². The summed E-state index contributed by atoms with van der Waals surface area (Å²) >= 11 is 0. The molecule has 0 radical (unpaired) electrons. The summed E-state index contributed by atoms with van der Waals surface area (Å²) in [5.41, 5.74) is 6.04. The van der Waals surface area contributed by atoms with Crippen molar-refractivity contribution in [2.24, 2.45) is 11.7 Å². The molecule has 2 aliphatic rings. The third-order valence-electron chi connectivity index (χ3n) is 4.00. The van der Waals surface area contributed by atoms with E-state index >= 15 is 0 Å². The van der Waals surface area contributed by atoms with Crippen LogP contribution in [0.3, 0.4) is 0 Å². The molecule has 2 fully saturated rings. The van der Waals surface area contributed by atoms with Crippen LogP contribution in [0.1, 0.15) is 32.6 Å². The lowest BCUT2D eigenvalue weighted by atomic mass is 10.1. The quantitative estimate of drug-likeness (QED) is 0.787. The number of likely N-dealkylation sites (N-methyl/N-ethyl adjacent to an activating group) is 1. The highest BCUT2D eigenvalue weighted by Gasteiger charge is 2.32. The summed E-state index contributed by atoms with van der Waals surface area (Å²) in [6.07, 6.45) is 4.05. The zero-order valence-electron chi connectivity index (χ0n) is 11.1. The van der Waals surface area contributed by atoms with Gasteiger partial charge in [-0.05, 0) is 45.7 Å². The number of hydrogen-bond acceptors (Lipinski definition) is 3. The molecule has 4 nitrogen and oxygen atoms in total. The lowest BCUT2D eigenvalue weighted by molar-refractivity contribution is -0.133.